The predicted octanol–water partition coefficient (Wildman–Crippen LogP) is 1.91. The fourth-order valence-corrected chi connectivity index (χ4v) is 3.09. The van der Waals surface area contributed by atoms with Crippen LogP contribution in [0.5, 0.6) is 0 Å². The second kappa shape index (κ2) is 6.17. The molecule has 0 N–H and O–H groups in total. The number of rotatable bonds is 3. The Hall–Kier alpha value is -2.74. The van der Waals surface area contributed by atoms with E-state index in [9.17, 15) is 9.59 Å². The number of carbonyl (C=O) groups excluding carboxylic acids is 2. The summed E-state index contributed by atoms with van der Waals surface area (Å²) in [7, 11) is 1.32. The summed E-state index contributed by atoms with van der Waals surface area (Å²) in [6.07, 6.45) is 0. The van der Waals surface area contributed by atoms with E-state index in [1.807, 2.05) is 24.3 Å². The Morgan fingerprint density at radius 2 is 2.17 bits per heavy atom. The number of fused-ring (bicyclic) bond motifs is 1. The van der Waals surface area contributed by atoms with Crippen LogP contribution in [0.2, 0.25) is 0 Å². The maximum absolute atomic E-state index is 12.2. The van der Waals surface area contributed by atoms with Crippen molar-refractivity contribution in [2.24, 2.45) is 4.99 Å². The predicted molar refractivity (Wildman–Crippen MR) is 83.0 cm³/mol. The molecule has 0 aliphatic rings. The van der Waals surface area contributed by atoms with Crippen molar-refractivity contribution in [2.45, 2.75) is 13.5 Å². The van der Waals surface area contributed by atoms with E-state index in [4.69, 9.17) is 9.26 Å². The van der Waals surface area contributed by atoms with Gasteiger partial charge in [0.15, 0.2) is 10.5 Å². The fourth-order valence-electron chi connectivity index (χ4n) is 2.06. The summed E-state index contributed by atoms with van der Waals surface area (Å²) < 4.78 is 12.2. The fraction of sp³-hybridized carbons (Fsp3) is 0.200. The summed E-state index contributed by atoms with van der Waals surface area (Å²) in [5.74, 6) is -0.408. The Kier molecular flexibility index (Phi) is 4.07. The molecular weight excluding hydrogens is 318 g/mol. The van der Waals surface area contributed by atoms with Crippen molar-refractivity contribution in [1.82, 2.24) is 9.72 Å². The Morgan fingerprint density at radius 3 is 2.87 bits per heavy atom. The van der Waals surface area contributed by atoms with E-state index in [2.05, 4.69) is 10.1 Å². The summed E-state index contributed by atoms with van der Waals surface area (Å²) in [5.41, 5.74) is 0.940. The van der Waals surface area contributed by atoms with Crippen LogP contribution in [0.4, 0.5) is 0 Å². The van der Waals surface area contributed by atoms with Crippen LogP contribution in [0.1, 0.15) is 16.2 Å². The number of amides is 1. The maximum atomic E-state index is 12.2. The number of methoxy groups -OCH3 is 1. The molecule has 7 nitrogen and oxygen atoms in total. The highest BCUT2D eigenvalue weighted by Gasteiger charge is 2.14. The SMILES string of the molecule is COC(=O)Cn1c(=NC(=O)c2cc(C)on2)sc2ccccc21. The molecule has 8 heteroatoms. The third-order valence-corrected chi connectivity index (χ3v) is 4.21. The number of ether oxygens (including phenoxy) is 1. The van der Waals surface area contributed by atoms with Crippen molar-refractivity contribution in [1.29, 1.82) is 0 Å². The zero-order valence-corrected chi connectivity index (χ0v) is 13.3. The first-order valence-electron chi connectivity index (χ1n) is 6.76. The standard InChI is InChI=1S/C15H13N3O4S/c1-9-7-10(17-22-9)14(20)16-15-18(8-13(19)21-2)11-5-3-4-6-12(11)23-15/h3-7H,8H2,1-2H3. The van der Waals surface area contributed by atoms with Gasteiger partial charge in [0.1, 0.15) is 12.3 Å². The summed E-state index contributed by atoms with van der Waals surface area (Å²) in [6, 6.07) is 9.02. The Bertz CT molecular complexity index is 951. The molecular formula is C15H13N3O4S. The second-order valence-corrected chi connectivity index (χ2v) is 5.76. The summed E-state index contributed by atoms with van der Waals surface area (Å²) in [6.45, 7) is 1.67. The molecule has 0 aliphatic heterocycles. The molecule has 0 fully saturated rings. The molecule has 0 radical (unpaired) electrons. The van der Waals surface area contributed by atoms with Gasteiger partial charge >= 0.3 is 11.9 Å². The number of thiazole rings is 1. The summed E-state index contributed by atoms with van der Waals surface area (Å²) in [4.78, 5) is 28.3. The number of nitrogens with zero attached hydrogens (tertiary/aromatic N) is 3. The van der Waals surface area contributed by atoms with Crippen molar-refractivity contribution in [2.75, 3.05) is 7.11 Å². The van der Waals surface area contributed by atoms with Crippen molar-refractivity contribution in [3.63, 3.8) is 0 Å². The monoisotopic (exact) mass is 331 g/mol. The molecule has 2 aromatic heterocycles. The maximum Gasteiger partial charge on any atom is 0.325 e. The third kappa shape index (κ3) is 3.07. The third-order valence-electron chi connectivity index (χ3n) is 3.15. The van der Waals surface area contributed by atoms with Gasteiger partial charge in [0.05, 0.1) is 17.3 Å². The summed E-state index contributed by atoms with van der Waals surface area (Å²) >= 11 is 1.32. The van der Waals surface area contributed by atoms with Gasteiger partial charge in [-0.1, -0.05) is 28.6 Å². The molecule has 0 saturated heterocycles. The molecule has 23 heavy (non-hydrogen) atoms. The van der Waals surface area contributed by atoms with Crippen LogP contribution in [0.25, 0.3) is 10.2 Å². The molecule has 0 aliphatic carbocycles. The van der Waals surface area contributed by atoms with Crippen LogP contribution in [0.3, 0.4) is 0 Å². The van der Waals surface area contributed by atoms with Gasteiger partial charge in [0.25, 0.3) is 0 Å². The lowest BCUT2D eigenvalue weighted by Crippen LogP contribution is -2.22. The van der Waals surface area contributed by atoms with Crippen LogP contribution in [-0.2, 0) is 16.1 Å². The first-order valence-corrected chi connectivity index (χ1v) is 7.57. The van der Waals surface area contributed by atoms with Gasteiger partial charge < -0.3 is 13.8 Å². The van der Waals surface area contributed by atoms with Crippen LogP contribution in [0.15, 0.2) is 39.8 Å². The zero-order valence-electron chi connectivity index (χ0n) is 12.5. The molecule has 2 heterocycles. The quantitative estimate of drug-likeness (QED) is 0.684. The minimum Gasteiger partial charge on any atom is -0.468 e. The molecule has 3 rings (SSSR count). The highest BCUT2D eigenvalue weighted by Crippen LogP contribution is 2.17. The van der Waals surface area contributed by atoms with E-state index >= 15 is 0 Å². The van der Waals surface area contributed by atoms with Crippen molar-refractivity contribution in [3.05, 3.63) is 46.6 Å². The molecule has 0 spiro atoms. The lowest BCUT2D eigenvalue weighted by molar-refractivity contribution is -0.141. The Labute approximate surface area is 134 Å². The zero-order chi connectivity index (χ0) is 16.4. The molecule has 1 aromatic carbocycles. The number of carbonyl (C=O) groups is 2. The minimum absolute atomic E-state index is 0.0233. The van der Waals surface area contributed by atoms with E-state index in [0.29, 0.717) is 10.6 Å². The second-order valence-electron chi connectivity index (χ2n) is 4.75. The normalized spacial score (nSPS) is 11.8. The molecule has 0 atom stereocenters. The first-order chi connectivity index (χ1) is 11.1. The topological polar surface area (TPSA) is 86.7 Å². The van der Waals surface area contributed by atoms with Gasteiger partial charge in [-0.3, -0.25) is 9.59 Å². The smallest absolute Gasteiger partial charge is 0.325 e. The lowest BCUT2D eigenvalue weighted by Gasteiger charge is -2.02. The van der Waals surface area contributed by atoms with E-state index in [1.165, 1.54) is 24.5 Å². The van der Waals surface area contributed by atoms with Crippen LogP contribution in [-0.4, -0.2) is 28.7 Å². The molecule has 1 amide bonds. The highest BCUT2D eigenvalue weighted by atomic mass is 32.1. The largest absolute Gasteiger partial charge is 0.468 e. The number of hydrogen-bond donors (Lipinski definition) is 0. The average molecular weight is 331 g/mol. The number of hydrogen-bond acceptors (Lipinski definition) is 6. The van der Waals surface area contributed by atoms with Gasteiger partial charge in [-0.05, 0) is 19.1 Å². The molecule has 118 valence electrons. The molecule has 0 saturated carbocycles. The number of esters is 1. The minimum atomic E-state index is -0.521. The number of benzene rings is 1. The van der Waals surface area contributed by atoms with Gasteiger partial charge in [-0.2, -0.15) is 4.99 Å². The van der Waals surface area contributed by atoms with Crippen molar-refractivity contribution < 1.29 is 18.8 Å². The summed E-state index contributed by atoms with van der Waals surface area (Å²) in [5, 5.41) is 3.66. The number of aromatic nitrogens is 2. The number of aryl methyl sites for hydroxylation is 1. The van der Waals surface area contributed by atoms with E-state index < -0.39 is 11.9 Å². The average Bonchev–Trinajstić information content (AvgIpc) is 3.12. The van der Waals surface area contributed by atoms with E-state index in [0.717, 1.165) is 10.2 Å². The number of para-hydroxylation sites is 1. The van der Waals surface area contributed by atoms with Crippen molar-refractivity contribution in [3.8, 4) is 0 Å². The molecule has 0 bridgehead atoms. The van der Waals surface area contributed by atoms with E-state index in [1.54, 1.807) is 11.5 Å². The Morgan fingerprint density at radius 1 is 1.39 bits per heavy atom. The van der Waals surface area contributed by atoms with Crippen molar-refractivity contribution >= 4 is 33.4 Å². The van der Waals surface area contributed by atoms with Gasteiger partial charge in [0, 0.05) is 6.07 Å². The lowest BCUT2D eigenvalue weighted by atomic mass is 10.3. The highest BCUT2D eigenvalue weighted by molar-refractivity contribution is 7.16. The van der Waals surface area contributed by atoms with Gasteiger partial charge in [-0.25, -0.2) is 0 Å². The first kappa shape index (κ1) is 15.2. The van der Waals surface area contributed by atoms with Gasteiger partial charge in [0.2, 0.25) is 0 Å². The van der Waals surface area contributed by atoms with Gasteiger partial charge in [-0.15, -0.1) is 0 Å². The Balaban J connectivity index is 2.12. The molecule has 3 aromatic rings. The van der Waals surface area contributed by atoms with Crippen LogP contribution < -0.4 is 4.80 Å². The van der Waals surface area contributed by atoms with Crippen LogP contribution in [0, 0.1) is 6.92 Å². The van der Waals surface area contributed by atoms with E-state index in [-0.39, 0.29) is 12.2 Å². The van der Waals surface area contributed by atoms with Crippen LogP contribution >= 0.6 is 11.3 Å². The molecule has 0 unspecified atom stereocenters.